The number of fused-ring (bicyclic) bond motifs is 2. The van der Waals surface area contributed by atoms with Gasteiger partial charge in [0.15, 0.2) is 0 Å². The summed E-state index contributed by atoms with van der Waals surface area (Å²) in [6.45, 7) is 8.42. The number of ether oxygens (including phenoxy) is 1. The van der Waals surface area contributed by atoms with Crippen LogP contribution in [0.1, 0.15) is 41.0 Å². The van der Waals surface area contributed by atoms with Gasteiger partial charge in [0.1, 0.15) is 12.4 Å². The second kappa shape index (κ2) is 11.1. The fourth-order valence-electron chi connectivity index (χ4n) is 4.09. The highest BCUT2D eigenvalue weighted by atomic mass is 35.5. The van der Waals surface area contributed by atoms with Crippen molar-refractivity contribution in [3.05, 3.63) is 113 Å². The number of nitrogens with zero attached hydrogens (tertiary/aromatic N) is 1. The number of aromatic amines is 1. The standard InChI is InChI=1S/C28H22ClN3O2.C2H6/c1-17(16-34-27-14-19-6-7-21(29)12-20(19)13-24(27)28(30)33)25-15-32-26-11-18(5-8-23(25)26)10-22-4-2-3-9-31-22;1-2/h2-9,11-15,32H,1,10,16H2,(H2,30,33);1-2H3. The van der Waals surface area contributed by atoms with Crippen LogP contribution in [0.15, 0.2) is 85.7 Å². The topological polar surface area (TPSA) is 81.0 Å². The Morgan fingerprint density at radius 3 is 2.61 bits per heavy atom. The SMILES string of the molecule is C=C(COc1cc2ccc(Cl)cc2cc1C(N)=O)c1c[nH]c2cc(Cc3ccccn3)ccc12.CC. The third kappa shape index (κ3) is 5.42. The zero-order valence-corrected chi connectivity index (χ0v) is 21.1. The summed E-state index contributed by atoms with van der Waals surface area (Å²) in [5.74, 6) is -0.143. The minimum atomic E-state index is -0.560. The number of benzene rings is 3. The Labute approximate surface area is 215 Å². The lowest BCUT2D eigenvalue weighted by atomic mass is 10.0. The number of nitrogens with one attached hydrogen (secondary N) is 1. The molecule has 1 amide bonds. The summed E-state index contributed by atoms with van der Waals surface area (Å²) in [5, 5.41) is 3.38. The van der Waals surface area contributed by atoms with E-state index in [-0.39, 0.29) is 6.61 Å². The van der Waals surface area contributed by atoms with Gasteiger partial charge in [-0.1, -0.05) is 56.3 Å². The molecule has 0 unspecified atom stereocenters. The monoisotopic (exact) mass is 497 g/mol. The first kappa shape index (κ1) is 25.0. The molecular formula is C30H28ClN3O2. The predicted octanol–water partition coefficient (Wildman–Crippen LogP) is 7.18. The molecule has 5 aromatic rings. The summed E-state index contributed by atoms with van der Waals surface area (Å²) in [4.78, 5) is 19.8. The number of pyridine rings is 1. The van der Waals surface area contributed by atoms with Crippen LogP contribution in [-0.2, 0) is 6.42 Å². The van der Waals surface area contributed by atoms with E-state index in [9.17, 15) is 4.79 Å². The molecule has 6 heteroatoms. The molecule has 0 atom stereocenters. The van der Waals surface area contributed by atoms with Gasteiger partial charge in [-0.25, -0.2) is 0 Å². The van der Waals surface area contributed by atoms with Crippen LogP contribution in [-0.4, -0.2) is 22.5 Å². The van der Waals surface area contributed by atoms with E-state index in [0.29, 0.717) is 16.3 Å². The average molecular weight is 498 g/mol. The van der Waals surface area contributed by atoms with Crippen LogP contribution in [0.4, 0.5) is 0 Å². The van der Waals surface area contributed by atoms with E-state index in [0.717, 1.165) is 44.9 Å². The van der Waals surface area contributed by atoms with Gasteiger partial charge in [0.2, 0.25) is 0 Å². The van der Waals surface area contributed by atoms with Crippen molar-refractivity contribution >= 4 is 44.8 Å². The molecule has 0 bridgehead atoms. The van der Waals surface area contributed by atoms with E-state index < -0.39 is 5.91 Å². The van der Waals surface area contributed by atoms with Crippen molar-refractivity contribution in [1.82, 2.24) is 9.97 Å². The predicted molar refractivity (Wildman–Crippen MR) is 149 cm³/mol. The van der Waals surface area contributed by atoms with Gasteiger partial charge in [-0.3, -0.25) is 9.78 Å². The van der Waals surface area contributed by atoms with Crippen LogP contribution in [0, 0.1) is 0 Å². The molecule has 0 fully saturated rings. The van der Waals surface area contributed by atoms with Crippen molar-refractivity contribution in [2.45, 2.75) is 20.3 Å². The van der Waals surface area contributed by atoms with Crippen molar-refractivity contribution in [1.29, 1.82) is 0 Å². The minimum Gasteiger partial charge on any atom is -0.488 e. The second-order valence-corrected chi connectivity index (χ2v) is 8.61. The fourth-order valence-corrected chi connectivity index (χ4v) is 4.27. The fraction of sp³-hybridized carbons (Fsp3) is 0.133. The molecule has 0 aliphatic carbocycles. The molecule has 36 heavy (non-hydrogen) atoms. The zero-order valence-electron chi connectivity index (χ0n) is 20.3. The third-order valence-corrected chi connectivity index (χ3v) is 6.04. The number of carbonyl (C=O) groups is 1. The maximum absolute atomic E-state index is 12.0. The van der Waals surface area contributed by atoms with Gasteiger partial charge in [0.25, 0.3) is 5.91 Å². The van der Waals surface area contributed by atoms with E-state index >= 15 is 0 Å². The zero-order chi connectivity index (χ0) is 25.7. The van der Waals surface area contributed by atoms with Gasteiger partial charge >= 0.3 is 0 Å². The largest absolute Gasteiger partial charge is 0.488 e. The summed E-state index contributed by atoms with van der Waals surface area (Å²) in [7, 11) is 0. The molecule has 5 rings (SSSR count). The number of carbonyl (C=O) groups excluding carboxylic acids is 1. The number of halogens is 1. The van der Waals surface area contributed by atoms with Crippen molar-refractivity contribution in [3.8, 4) is 5.75 Å². The van der Waals surface area contributed by atoms with Crippen LogP contribution in [0.5, 0.6) is 5.75 Å². The molecule has 3 N–H and O–H groups in total. The maximum atomic E-state index is 12.0. The second-order valence-electron chi connectivity index (χ2n) is 8.18. The molecule has 0 spiro atoms. The van der Waals surface area contributed by atoms with Gasteiger partial charge in [-0.2, -0.15) is 0 Å². The van der Waals surface area contributed by atoms with E-state index in [1.165, 1.54) is 5.56 Å². The highest BCUT2D eigenvalue weighted by molar-refractivity contribution is 6.31. The lowest BCUT2D eigenvalue weighted by Gasteiger charge is -2.13. The van der Waals surface area contributed by atoms with Gasteiger partial charge in [0.05, 0.1) is 5.56 Å². The third-order valence-electron chi connectivity index (χ3n) is 5.81. The molecule has 3 aromatic carbocycles. The average Bonchev–Trinajstić information content (AvgIpc) is 3.32. The van der Waals surface area contributed by atoms with Crippen molar-refractivity contribution in [2.75, 3.05) is 6.61 Å². The van der Waals surface area contributed by atoms with E-state index in [2.05, 4.69) is 34.7 Å². The van der Waals surface area contributed by atoms with Gasteiger partial charge in [-0.15, -0.1) is 0 Å². The number of hydrogen-bond acceptors (Lipinski definition) is 3. The molecular weight excluding hydrogens is 470 g/mol. The summed E-state index contributed by atoms with van der Waals surface area (Å²) >= 11 is 6.08. The Morgan fingerprint density at radius 1 is 1.03 bits per heavy atom. The number of nitrogens with two attached hydrogens (primary N) is 1. The smallest absolute Gasteiger partial charge is 0.252 e. The molecule has 182 valence electrons. The molecule has 0 saturated carbocycles. The molecule has 0 aliphatic rings. The highest BCUT2D eigenvalue weighted by Crippen LogP contribution is 2.30. The number of amides is 1. The van der Waals surface area contributed by atoms with Crippen LogP contribution in [0.25, 0.3) is 27.2 Å². The first-order valence-corrected chi connectivity index (χ1v) is 12.2. The summed E-state index contributed by atoms with van der Waals surface area (Å²) < 4.78 is 6.02. The molecule has 0 saturated heterocycles. The summed E-state index contributed by atoms with van der Waals surface area (Å²) in [6.07, 6.45) is 4.50. The Hall–Kier alpha value is -4.09. The van der Waals surface area contributed by atoms with Gasteiger partial charge in [0, 0.05) is 46.0 Å². The van der Waals surface area contributed by atoms with Crippen molar-refractivity contribution < 1.29 is 9.53 Å². The number of rotatable bonds is 7. The number of hydrogen-bond donors (Lipinski definition) is 2. The minimum absolute atomic E-state index is 0.210. The maximum Gasteiger partial charge on any atom is 0.252 e. The molecule has 2 heterocycles. The van der Waals surface area contributed by atoms with Crippen LogP contribution >= 0.6 is 11.6 Å². The molecule has 5 nitrogen and oxygen atoms in total. The quantitative estimate of drug-likeness (QED) is 0.250. The Balaban J connectivity index is 0.00000148. The van der Waals surface area contributed by atoms with E-state index in [1.807, 2.05) is 44.3 Å². The summed E-state index contributed by atoms with van der Waals surface area (Å²) in [5.41, 5.74) is 10.9. The number of primary amides is 1. The lowest BCUT2D eigenvalue weighted by Crippen LogP contribution is -2.13. The van der Waals surface area contributed by atoms with Crippen molar-refractivity contribution in [2.24, 2.45) is 5.73 Å². The number of H-pyrrole nitrogens is 1. The van der Waals surface area contributed by atoms with Gasteiger partial charge < -0.3 is 15.5 Å². The van der Waals surface area contributed by atoms with Crippen LogP contribution < -0.4 is 10.5 Å². The highest BCUT2D eigenvalue weighted by Gasteiger charge is 2.14. The lowest BCUT2D eigenvalue weighted by molar-refractivity contribution is 0.0997. The molecule has 2 aromatic heterocycles. The Bertz CT molecular complexity index is 1540. The van der Waals surface area contributed by atoms with E-state index in [1.54, 1.807) is 30.5 Å². The first-order chi connectivity index (χ1) is 17.5. The van der Waals surface area contributed by atoms with Crippen LogP contribution in [0.2, 0.25) is 5.02 Å². The van der Waals surface area contributed by atoms with Crippen molar-refractivity contribution in [3.63, 3.8) is 0 Å². The van der Waals surface area contributed by atoms with Gasteiger partial charge in [-0.05, 0) is 64.4 Å². The Kier molecular flexibility index (Phi) is 7.71. The normalized spacial score (nSPS) is 10.6. The number of aromatic nitrogens is 2. The Morgan fingerprint density at radius 2 is 1.86 bits per heavy atom. The first-order valence-electron chi connectivity index (χ1n) is 11.8. The molecule has 0 radical (unpaired) electrons. The van der Waals surface area contributed by atoms with Crippen LogP contribution in [0.3, 0.4) is 0 Å². The molecule has 0 aliphatic heterocycles. The summed E-state index contributed by atoms with van der Waals surface area (Å²) in [6, 6.07) is 21.2. The van der Waals surface area contributed by atoms with E-state index in [4.69, 9.17) is 22.1 Å².